The molecule has 3 N–H and O–H groups in total. The van der Waals surface area contributed by atoms with Crippen molar-refractivity contribution < 1.29 is 9.90 Å². The third-order valence-corrected chi connectivity index (χ3v) is 6.40. The number of aromatic nitrogens is 2. The molecule has 1 unspecified atom stereocenters. The standard InChI is InChI=1S/C26H25N5O4/c32-23-21(22(24(23)33)31-12-2-1-3-13-31)30-20(26(34)35)14-16-4-6-18(7-5-16)29-25-19-9-10-27-15-17(19)8-11-28-25/h4-11,15,20,30H,1-3,12-14H2,(H,28,29)(H,34,35). The highest BCUT2D eigenvalue weighted by molar-refractivity contribution is 5.92. The zero-order valence-corrected chi connectivity index (χ0v) is 19.0. The molecular weight excluding hydrogens is 446 g/mol. The summed E-state index contributed by atoms with van der Waals surface area (Å²) in [5.41, 5.74) is 0.863. The largest absolute Gasteiger partial charge is 0.480 e. The van der Waals surface area contributed by atoms with Crippen molar-refractivity contribution in [2.24, 2.45) is 0 Å². The second-order valence-corrected chi connectivity index (χ2v) is 8.75. The van der Waals surface area contributed by atoms with Gasteiger partial charge in [0.15, 0.2) is 0 Å². The van der Waals surface area contributed by atoms with E-state index in [4.69, 9.17) is 0 Å². The minimum absolute atomic E-state index is 0.124. The number of anilines is 4. The maximum absolute atomic E-state index is 12.2. The van der Waals surface area contributed by atoms with Gasteiger partial charge in [-0.3, -0.25) is 14.6 Å². The summed E-state index contributed by atoms with van der Waals surface area (Å²) in [6.45, 7) is 1.40. The van der Waals surface area contributed by atoms with Gasteiger partial charge >= 0.3 is 5.97 Å². The molecule has 0 aliphatic carbocycles. The van der Waals surface area contributed by atoms with Crippen molar-refractivity contribution in [1.82, 2.24) is 9.97 Å². The third kappa shape index (κ3) is 4.57. The number of hydrogen-bond donors (Lipinski definition) is 3. The highest BCUT2D eigenvalue weighted by Gasteiger charge is 2.30. The van der Waals surface area contributed by atoms with Gasteiger partial charge in [-0.15, -0.1) is 0 Å². The molecular formula is C26H25N5O4. The number of pyridine rings is 2. The summed E-state index contributed by atoms with van der Waals surface area (Å²) < 4.78 is 0. The lowest BCUT2D eigenvalue weighted by atomic mass is 10.0. The molecule has 0 bridgehead atoms. The van der Waals surface area contributed by atoms with Crippen LogP contribution in [0.4, 0.5) is 22.9 Å². The Morgan fingerprint density at radius 1 is 1.00 bits per heavy atom. The molecule has 0 spiro atoms. The van der Waals surface area contributed by atoms with Gasteiger partial charge in [0.25, 0.3) is 10.9 Å². The van der Waals surface area contributed by atoms with Crippen LogP contribution in [0.3, 0.4) is 0 Å². The zero-order valence-electron chi connectivity index (χ0n) is 19.0. The highest BCUT2D eigenvalue weighted by Crippen LogP contribution is 2.26. The quantitative estimate of drug-likeness (QED) is 0.333. The van der Waals surface area contributed by atoms with Gasteiger partial charge in [0.05, 0.1) is 0 Å². The number of fused-ring (bicyclic) bond motifs is 1. The smallest absolute Gasteiger partial charge is 0.326 e. The molecule has 35 heavy (non-hydrogen) atoms. The number of carbonyl (C=O) groups is 1. The molecule has 4 aromatic rings. The number of hydrogen-bond acceptors (Lipinski definition) is 8. The van der Waals surface area contributed by atoms with E-state index in [-0.39, 0.29) is 12.1 Å². The predicted molar refractivity (Wildman–Crippen MR) is 135 cm³/mol. The van der Waals surface area contributed by atoms with Crippen LogP contribution in [0.2, 0.25) is 0 Å². The van der Waals surface area contributed by atoms with Gasteiger partial charge in [-0.2, -0.15) is 0 Å². The molecule has 0 saturated carbocycles. The molecule has 1 saturated heterocycles. The lowest BCUT2D eigenvalue weighted by Gasteiger charge is -2.31. The molecule has 9 nitrogen and oxygen atoms in total. The first-order valence-electron chi connectivity index (χ1n) is 11.6. The van der Waals surface area contributed by atoms with Gasteiger partial charge in [-0.05, 0) is 49.1 Å². The summed E-state index contributed by atoms with van der Waals surface area (Å²) in [4.78, 5) is 46.8. The van der Waals surface area contributed by atoms with Gasteiger partial charge in [-0.1, -0.05) is 12.1 Å². The Labute approximate surface area is 201 Å². The Bertz CT molecular complexity index is 1430. The van der Waals surface area contributed by atoms with E-state index >= 15 is 0 Å². The van der Waals surface area contributed by atoms with Crippen molar-refractivity contribution in [3.63, 3.8) is 0 Å². The van der Waals surface area contributed by atoms with E-state index in [9.17, 15) is 19.5 Å². The van der Waals surface area contributed by atoms with Crippen molar-refractivity contribution in [2.75, 3.05) is 28.6 Å². The Morgan fingerprint density at radius 3 is 2.51 bits per heavy atom. The molecule has 2 aromatic heterocycles. The molecule has 9 heteroatoms. The van der Waals surface area contributed by atoms with Crippen molar-refractivity contribution in [3.8, 4) is 0 Å². The van der Waals surface area contributed by atoms with Crippen LogP contribution in [0.5, 0.6) is 0 Å². The first kappa shape index (κ1) is 22.5. The molecule has 3 heterocycles. The fraction of sp³-hybridized carbons (Fsp3) is 0.269. The number of nitrogens with zero attached hydrogens (tertiary/aromatic N) is 3. The number of benzene rings is 1. The molecule has 1 fully saturated rings. The maximum Gasteiger partial charge on any atom is 0.326 e. The molecule has 2 aromatic carbocycles. The molecule has 0 amide bonds. The van der Waals surface area contributed by atoms with E-state index in [0.29, 0.717) is 24.6 Å². The Kier molecular flexibility index (Phi) is 6.13. The van der Waals surface area contributed by atoms with E-state index in [1.807, 2.05) is 41.3 Å². The van der Waals surface area contributed by atoms with E-state index in [1.165, 1.54) is 0 Å². The van der Waals surface area contributed by atoms with Gasteiger partial charge in [0, 0.05) is 54.6 Å². The Morgan fingerprint density at radius 2 is 1.77 bits per heavy atom. The van der Waals surface area contributed by atoms with E-state index in [2.05, 4.69) is 20.6 Å². The molecule has 0 radical (unpaired) electrons. The van der Waals surface area contributed by atoms with Crippen LogP contribution in [0, 0.1) is 0 Å². The first-order chi connectivity index (χ1) is 17.0. The summed E-state index contributed by atoms with van der Waals surface area (Å²) in [5, 5.41) is 17.8. The van der Waals surface area contributed by atoms with Crippen molar-refractivity contribution in [2.45, 2.75) is 31.7 Å². The fourth-order valence-electron chi connectivity index (χ4n) is 4.52. The average Bonchev–Trinajstić information content (AvgIpc) is 2.89. The Balaban J connectivity index is 1.30. The Hall–Kier alpha value is -4.27. The number of nitrogens with one attached hydrogen (secondary N) is 2. The maximum atomic E-state index is 12.2. The summed E-state index contributed by atoms with van der Waals surface area (Å²) in [6, 6.07) is 10.1. The second-order valence-electron chi connectivity index (χ2n) is 8.75. The topological polar surface area (TPSA) is 125 Å². The summed E-state index contributed by atoms with van der Waals surface area (Å²) >= 11 is 0. The van der Waals surface area contributed by atoms with Crippen LogP contribution < -0.4 is 26.4 Å². The molecule has 178 valence electrons. The summed E-state index contributed by atoms with van der Waals surface area (Å²) in [6.07, 6.45) is 8.35. The van der Waals surface area contributed by atoms with Crippen LogP contribution in [0.15, 0.2) is 64.6 Å². The van der Waals surface area contributed by atoms with E-state index in [0.717, 1.165) is 41.3 Å². The number of piperidine rings is 1. The van der Waals surface area contributed by atoms with E-state index in [1.54, 1.807) is 18.6 Å². The number of carboxylic acid groups (broad SMARTS) is 1. The van der Waals surface area contributed by atoms with Crippen LogP contribution >= 0.6 is 0 Å². The van der Waals surface area contributed by atoms with Crippen molar-refractivity contribution in [3.05, 3.63) is 81.0 Å². The summed E-state index contributed by atoms with van der Waals surface area (Å²) in [7, 11) is 0. The molecule has 1 atom stereocenters. The molecule has 5 rings (SSSR count). The second kappa shape index (κ2) is 9.54. The SMILES string of the molecule is O=C(O)C(Cc1ccc(Nc2nccc3cnccc23)cc1)Nc1c(N2CCCCC2)c(=O)c1=O. The van der Waals surface area contributed by atoms with Crippen molar-refractivity contribution in [1.29, 1.82) is 0 Å². The third-order valence-electron chi connectivity index (χ3n) is 6.40. The lowest BCUT2D eigenvalue weighted by molar-refractivity contribution is -0.137. The minimum Gasteiger partial charge on any atom is -0.480 e. The van der Waals surface area contributed by atoms with Gasteiger partial charge < -0.3 is 20.6 Å². The van der Waals surface area contributed by atoms with Gasteiger partial charge in [-0.25, -0.2) is 9.78 Å². The van der Waals surface area contributed by atoms with Crippen LogP contribution in [0.25, 0.3) is 10.8 Å². The van der Waals surface area contributed by atoms with Crippen LogP contribution in [0.1, 0.15) is 24.8 Å². The average molecular weight is 472 g/mol. The number of carboxylic acids is 1. The number of rotatable bonds is 8. The zero-order chi connectivity index (χ0) is 24.4. The number of aliphatic carboxylic acids is 1. The van der Waals surface area contributed by atoms with Gasteiger partial charge in [0.2, 0.25) is 0 Å². The van der Waals surface area contributed by atoms with Crippen LogP contribution in [-0.2, 0) is 11.2 Å². The monoisotopic (exact) mass is 471 g/mol. The lowest BCUT2D eigenvalue weighted by Crippen LogP contribution is -2.47. The first-order valence-corrected chi connectivity index (χ1v) is 11.6. The minimum atomic E-state index is -1.08. The highest BCUT2D eigenvalue weighted by atomic mass is 16.4. The van der Waals surface area contributed by atoms with Gasteiger partial charge in [0.1, 0.15) is 23.2 Å². The van der Waals surface area contributed by atoms with Crippen LogP contribution in [-0.4, -0.2) is 40.2 Å². The van der Waals surface area contributed by atoms with E-state index < -0.39 is 22.9 Å². The summed E-state index contributed by atoms with van der Waals surface area (Å²) in [5.74, 6) is -0.383. The predicted octanol–water partition coefficient (Wildman–Crippen LogP) is 3.07. The fourth-order valence-corrected chi connectivity index (χ4v) is 4.52. The van der Waals surface area contributed by atoms with Crippen molar-refractivity contribution >= 4 is 39.6 Å². The molecule has 1 aliphatic heterocycles. The molecule has 1 aliphatic rings. The normalized spacial score (nSPS) is 14.7.